The summed E-state index contributed by atoms with van der Waals surface area (Å²) in [6, 6.07) is -0.855. The van der Waals surface area contributed by atoms with Crippen molar-refractivity contribution in [2.75, 3.05) is 13.1 Å². The zero-order valence-corrected chi connectivity index (χ0v) is 8.97. The van der Waals surface area contributed by atoms with Gasteiger partial charge in [-0.15, -0.1) is 0 Å². The van der Waals surface area contributed by atoms with Crippen molar-refractivity contribution in [3.63, 3.8) is 0 Å². The molecule has 1 saturated heterocycles. The highest BCUT2D eigenvalue weighted by atomic mass is 16.4. The van der Waals surface area contributed by atoms with Gasteiger partial charge in [-0.25, -0.2) is 9.69 Å². The lowest BCUT2D eigenvalue weighted by molar-refractivity contribution is -0.146. The summed E-state index contributed by atoms with van der Waals surface area (Å²) in [5.74, 6) is -3.35. The predicted octanol–water partition coefficient (Wildman–Crippen LogP) is -0.482. The van der Waals surface area contributed by atoms with Gasteiger partial charge in [0.2, 0.25) is 0 Å². The van der Waals surface area contributed by atoms with E-state index in [1.165, 1.54) is 0 Å². The minimum absolute atomic E-state index is 0.0190. The first kappa shape index (κ1) is 12.2. The summed E-state index contributed by atoms with van der Waals surface area (Å²) >= 11 is 0. The highest BCUT2D eigenvalue weighted by Crippen LogP contribution is 2.13. The highest BCUT2D eigenvalue weighted by molar-refractivity contribution is 6.44. The number of carbonyl (C=O) groups is 4. The second-order valence-electron chi connectivity index (χ2n) is 3.88. The molecular weight excluding hydrogens is 216 g/mol. The number of amides is 4. The van der Waals surface area contributed by atoms with Crippen LogP contribution in [0.5, 0.6) is 0 Å². The number of nitrogens with zero attached hydrogens (tertiary/aromatic N) is 2. The van der Waals surface area contributed by atoms with Gasteiger partial charge in [-0.05, 0) is 5.92 Å². The lowest BCUT2D eigenvalue weighted by atomic mass is 10.2. The SMILES string of the molecule is CC(C)CN1C(=O)C(=O)N(CC(=O)O)C1=O. The predicted molar refractivity (Wildman–Crippen MR) is 51.3 cm³/mol. The third-order valence-corrected chi connectivity index (χ3v) is 1.98. The molecule has 7 nitrogen and oxygen atoms in total. The van der Waals surface area contributed by atoms with Gasteiger partial charge in [0.15, 0.2) is 0 Å². The van der Waals surface area contributed by atoms with Crippen molar-refractivity contribution in [1.29, 1.82) is 0 Å². The average molecular weight is 228 g/mol. The Morgan fingerprint density at radius 3 is 2.12 bits per heavy atom. The molecule has 1 N–H and O–H groups in total. The maximum Gasteiger partial charge on any atom is 0.334 e. The maximum absolute atomic E-state index is 11.5. The lowest BCUT2D eigenvalue weighted by Crippen LogP contribution is -2.38. The van der Waals surface area contributed by atoms with E-state index >= 15 is 0 Å². The first-order chi connectivity index (χ1) is 7.34. The van der Waals surface area contributed by atoms with Crippen LogP contribution in [0, 0.1) is 5.92 Å². The van der Waals surface area contributed by atoms with Crippen molar-refractivity contribution in [2.45, 2.75) is 13.8 Å². The molecule has 0 saturated carbocycles. The number of imide groups is 2. The molecule has 1 fully saturated rings. The van der Waals surface area contributed by atoms with Crippen molar-refractivity contribution in [2.24, 2.45) is 5.92 Å². The smallest absolute Gasteiger partial charge is 0.334 e. The topological polar surface area (TPSA) is 95.0 Å². The standard InChI is InChI=1S/C9H12N2O5/c1-5(2)3-10-7(14)8(15)11(9(10)16)4-6(12)13/h5H,3-4H2,1-2H3,(H,12,13). The fourth-order valence-electron chi connectivity index (χ4n) is 1.35. The Morgan fingerprint density at radius 1 is 1.19 bits per heavy atom. The minimum Gasteiger partial charge on any atom is -0.480 e. The molecule has 0 spiro atoms. The number of urea groups is 1. The van der Waals surface area contributed by atoms with E-state index in [2.05, 4.69) is 0 Å². The monoisotopic (exact) mass is 228 g/mol. The largest absolute Gasteiger partial charge is 0.480 e. The highest BCUT2D eigenvalue weighted by Gasteiger charge is 2.45. The van der Waals surface area contributed by atoms with Gasteiger partial charge in [0, 0.05) is 6.54 Å². The van der Waals surface area contributed by atoms with Crippen molar-refractivity contribution >= 4 is 23.8 Å². The summed E-state index contributed by atoms with van der Waals surface area (Å²) < 4.78 is 0. The Balaban J connectivity index is 2.86. The Kier molecular flexibility index (Phi) is 3.26. The van der Waals surface area contributed by atoms with Crippen LogP contribution < -0.4 is 0 Å². The van der Waals surface area contributed by atoms with Crippen LogP contribution in [0.3, 0.4) is 0 Å². The number of hydrogen-bond acceptors (Lipinski definition) is 4. The molecular formula is C9H12N2O5. The van der Waals surface area contributed by atoms with E-state index in [1.54, 1.807) is 13.8 Å². The second kappa shape index (κ2) is 4.30. The van der Waals surface area contributed by atoms with E-state index in [9.17, 15) is 19.2 Å². The molecule has 88 valence electrons. The van der Waals surface area contributed by atoms with Crippen LogP contribution in [0.1, 0.15) is 13.8 Å². The van der Waals surface area contributed by atoms with Gasteiger partial charge in [-0.1, -0.05) is 13.8 Å². The van der Waals surface area contributed by atoms with E-state index in [-0.39, 0.29) is 12.5 Å². The summed E-state index contributed by atoms with van der Waals surface area (Å²) in [7, 11) is 0. The minimum atomic E-state index is -1.33. The molecule has 0 aromatic heterocycles. The Bertz CT molecular complexity index is 363. The van der Waals surface area contributed by atoms with Crippen molar-refractivity contribution < 1.29 is 24.3 Å². The molecule has 0 aliphatic carbocycles. The molecule has 0 aromatic rings. The van der Waals surface area contributed by atoms with E-state index in [0.717, 1.165) is 4.90 Å². The average Bonchev–Trinajstić information content (AvgIpc) is 2.34. The van der Waals surface area contributed by atoms with E-state index < -0.39 is 30.4 Å². The number of aliphatic carboxylic acids is 1. The number of carbonyl (C=O) groups excluding carboxylic acids is 3. The fraction of sp³-hybridized carbons (Fsp3) is 0.556. The molecule has 16 heavy (non-hydrogen) atoms. The first-order valence-electron chi connectivity index (χ1n) is 4.73. The zero-order valence-electron chi connectivity index (χ0n) is 8.97. The summed E-state index contributed by atoms with van der Waals surface area (Å²) in [5.41, 5.74) is 0. The van der Waals surface area contributed by atoms with Crippen LogP contribution >= 0.6 is 0 Å². The molecule has 1 aliphatic heterocycles. The third-order valence-electron chi connectivity index (χ3n) is 1.98. The van der Waals surface area contributed by atoms with Crippen molar-refractivity contribution in [1.82, 2.24) is 9.80 Å². The molecule has 4 amide bonds. The van der Waals surface area contributed by atoms with E-state index in [1.807, 2.05) is 0 Å². The van der Waals surface area contributed by atoms with E-state index in [0.29, 0.717) is 4.90 Å². The zero-order chi connectivity index (χ0) is 12.5. The number of hydrogen-bond donors (Lipinski definition) is 1. The van der Waals surface area contributed by atoms with E-state index in [4.69, 9.17) is 5.11 Å². The van der Waals surface area contributed by atoms with Gasteiger partial charge in [0.1, 0.15) is 6.54 Å². The fourth-order valence-corrected chi connectivity index (χ4v) is 1.35. The molecule has 1 rings (SSSR count). The van der Waals surface area contributed by atoms with Crippen LogP contribution in [0.25, 0.3) is 0 Å². The van der Waals surface area contributed by atoms with Crippen LogP contribution in [0.15, 0.2) is 0 Å². The van der Waals surface area contributed by atoms with Gasteiger partial charge in [0.25, 0.3) is 0 Å². The molecule has 1 heterocycles. The second-order valence-corrected chi connectivity index (χ2v) is 3.88. The maximum atomic E-state index is 11.5. The summed E-state index contributed by atoms with van der Waals surface area (Å²) in [5, 5.41) is 8.49. The quantitative estimate of drug-likeness (QED) is 0.518. The van der Waals surface area contributed by atoms with Crippen LogP contribution in [0.2, 0.25) is 0 Å². The van der Waals surface area contributed by atoms with Crippen LogP contribution in [-0.2, 0) is 14.4 Å². The van der Waals surface area contributed by atoms with Gasteiger partial charge < -0.3 is 5.11 Å². The van der Waals surface area contributed by atoms with Crippen molar-refractivity contribution in [3.8, 4) is 0 Å². The van der Waals surface area contributed by atoms with Crippen LogP contribution in [0.4, 0.5) is 4.79 Å². The number of carboxylic acids is 1. The lowest BCUT2D eigenvalue weighted by Gasteiger charge is -2.15. The molecule has 0 atom stereocenters. The third kappa shape index (κ3) is 2.18. The van der Waals surface area contributed by atoms with Gasteiger partial charge in [0.05, 0.1) is 0 Å². The van der Waals surface area contributed by atoms with Gasteiger partial charge in [-0.2, -0.15) is 0 Å². The molecule has 7 heteroatoms. The Labute approximate surface area is 91.6 Å². The molecule has 0 bridgehead atoms. The number of rotatable bonds is 4. The Morgan fingerprint density at radius 2 is 1.69 bits per heavy atom. The van der Waals surface area contributed by atoms with Gasteiger partial charge in [-0.3, -0.25) is 19.3 Å². The normalized spacial score (nSPS) is 16.6. The van der Waals surface area contributed by atoms with Crippen molar-refractivity contribution in [3.05, 3.63) is 0 Å². The summed E-state index contributed by atoms with van der Waals surface area (Å²) in [6.07, 6.45) is 0. The molecule has 0 aromatic carbocycles. The number of carboxylic acid groups (broad SMARTS) is 1. The molecule has 0 unspecified atom stereocenters. The molecule has 1 aliphatic rings. The Hall–Kier alpha value is -1.92. The first-order valence-corrected chi connectivity index (χ1v) is 4.73. The summed E-state index contributed by atoms with van der Waals surface area (Å²) in [4.78, 5) is 45.8. The van der Waals surface area contributed by atoms with Gasteiger partial charge >= 0.3 is 23.8 Å². The van der Waals surface area contributed by atoms with Crippen LogP contribution in [-0.4, -0.2) is 51.8 Å². The molecule has 0 radical (unpaired) electrons. The summed E-state index contributed by atoms with van der Waals surface area (Å²) in [6.45, 7) is 2.90.